The van der Waals surface area contributed by atoms with Gasteiger partial charge in [-0.1, -0.05) is 30.3 Å². The predicted molar refractivity (Wildman–Crippen MR) is 68.6 cm³/mol. The molecule has 0 saturated carbocycles. The summed E-state index contributed by atoms with van der Waals surface area (Å²) in [4.78, 5) is 10.2. The van der Waals surface area contributed by atoms with Crippen molar-refractivity contribution in [3.05, 3.63) is 69.8 Å². The summed E-state index contributed by atoms with van der Waals surface area (Å²) in [5.41, 5.74) is 0.750. The molecule has 19 heavy (non-hydrogen) atoms. The summed E-state index contributed by atoms with van der Waals surface area (Å²) < 4.78 is 5.47. The maximum absolute atomic E-state index is 10.8. The summed E-state index contributed by atoms with van der Waals surface area (Å²) in [6.07, 6.45) is 0. The topological polar surface area (TPSA) is 76.2 Å². The molecule has 0 fully saturated rings. The Hall–Kier alpha value is -2.87. The van der Waals surface area contributed by atoms with Crippen molar-refractivity contribution >= 4 is 5.69 Å². The highest BCUT2D eigenvalue weighted by atomic mass is 16.6. The summed E-state index contributed by atoms with van der Waals surface area (Å²) in [6.45, 7) is 0.323. The molecular weight excluding hydrogens is 244 g/mol. The number of ether oxygens (including phenoxy) is 1. The largest absolute Gasteiger partial charge is 0.489 e. The van der Waals surface area contributed by atoms with E-state index in [4.69, 9.17) is 10.00 Å². The van der Waals surface area contributed by atoms with Gasteiger partial charge in [-0.05, 0) is 17.7 Å². The van der Waals surface area contributed by atoms with Gasteiger partial charge in [0.1, 0.15) is 24.0 Å². The van der Waals surface area contributed by atoms with E-state index < -0.39 is 4.92 Å². The molecule has 2 aromatic rings. The van der Waals surface area contributed by atoms with Crippen LogP contribution in [0.4, 0.5) is 5.69 Å². The fourth-order valence-corrected chi connectivity index (χ4v) is 1.59. The normalized spacial score (nSPS) is 9.63. The zero-order valence-corrected chi connectivity index (χ0v) is 9.95. The SMILES string of the molecule is N#Cc1ccc(OCc2ccccc2)cc1[N+](=O)[O-]. The molecule has 0 spiro atoms. The van der Waals surface area contributed by atoms with E-state index >= 15 is 0 Å². The zero-order chi connectivity index (χ0) is 13.7. The van der Waals surface area contributed by atoms with Crippen LogP contribution < -0.4 is 4.74 Å². The van der Waals surface area contributed by atoms with E-state index in [-0.39, 0.29) is 11.3 Å². The van der Waals surface area contributed by atoms with Gasteiger partial charge in [0.15, 0.2) is 0 Å². The van der Waals surface area contributed by atoms with Crippen LogP contribution in [0.1, 0.15) is 11.1 Å². The summed E-state index contributed by atoms with van der Waals surface area (Å²) in [5, 5.41) is 19.6. The number of nitro benzene ring substituents is 1. The Morgan fingerprint density at radius 2 is 1.95 bits per heavy atom. The minimum Gasteiger partial charge on any atom is -0.489 e. The summed E-state index contributed by atoms with van der Waals surface area (Å²) in [7, 11) is 0. The van der Waals surface area contributed by atoms with Gasteiger partial charge < -0.3 is 4.74 Å². The van der Waals surface area contributed by atoms with Gasteiger partial charge >= 0.3 is 0 Å². The standard InChI is InChI=1S/C14H10N2O3/c15-9-12-6-7-13(8-14(12)16(17)18)19-10-11-4-2-1-3-5-11/h1-8H,10H2. The van der Waals surface area contributed by atoms with Crippen molar-refractivity contribution in [2.75, 3.05) is 0 Å². The molecule has 0 N–H and O–H groups in total. The fraction of sp³-hybridized carbons (Fsp3) is 0.0714. The number of rotatable bonds is 4. The molecule has 2 aromatic carbocycles. The van der Waals surface area contributed by atoms with Crippen LogP contribution >= 0.6 is 0 Å². The molecule has 5 heteroatoms. The van der Waals surface area contributed by atoms with Crippen molar-refractivity contribution in [3.8, 4) is 11.8 Å². The molecule has 2 rings (SSSR count). The summed E-state index contributed by atoms with van der Waals surface area (Å²) in [6, 6.07) is 15.5. The Morgan fingerprint density at radius 3 is 2.58 bits per heavy atom. The third-order valence-electron chi connectivity index (χ3n) is 2.53. The molecule has 0 bridgehead atoms. The van der Waals surface area contributed by atoms with Crippen molar-refractivity contribution < 1.29 is 9.66 Å². The Balaban J connectivity index is 2.16. The average Bonchev–Trinajstić information content (AvgIpc) is 2.46. The van der Waals surface area contributed by atoms with Crippen molar-refractivity contribution in [2.24, 2.45) is 0 Å². The van der Waals surface area contributed by atoms with Gasteiger partial charge in [0, 0.05) is 0 Å². The molecular formula is C14H10N2O3. The number of nitriles is 1. The van der Waals surface area contributed by atoms with Crippen LogP contribution in [0.5, 0.6) is 5.75 Å². The quantitative estimate of drug-likeness (QED) is 0.620. The van der Waals surface area contributed by atoms with Crippen LogP contribution in [0, 0.1) is 21.4 Å². The molecule has 0 aromatic heterocycles. The maximum Gasteiger partial charge on any atom is 0.290 e. The van der Waals surface area contributed by atoms with E-state index in [9.17, 15) is 10.1 Å². The third kappa shape index (κ3) is 3.07. The first-order chi connectivity index (χ1) is 9.20. The Labute approximate surface area is 109 Å². The average molecular weight is 254 g/mol. The highest BCUT2D eigenvalue weighted by Crippen LogP contribution is 2.24. The van der Waals surface area contributed by atoms with Crippen LogP contribution in [0.25, 0.3) is 0 Å². The van der Waals surface area contributed by atoms with Crippen molar-refractivity contribution in [2.45, 2.75) is 6.61 Å². The minimum atomic E-state index is -0.589. The highest BCUT2D eigenvalue weighted by Gasteiger charge is 2.14. The minimum absolute atomic E-state index is 0.0251. The van der Waals surface area contributed by atoms with Gasteiger partial charge in [-0.15, -0.1) is 0 Å². The second-order valence-corrected chi connectivity index (χ2v) is 3.82. The summed E-state index contributed by atoms with van der Waals surface area (Å²) >= 11 is 0. The van der Waals surface area contributed by atoms with Gasteiger partial charge in [0.2, 0.25) is 0 Å². The number of hydrogen-bond acceptors (Lipinski definition) is 4. The maximum atomic E-state index is 10.8. The van der Waals surface area contributed by atoms with Crippen LogP contribution in [-0.2, 0) is 6.61 Å². The van der Waals surface area contributed by atoms with E-state index in [2.05, 4.69) is 0 Å². The first kappa shape index (κ1) is 12.6. The van der Waals surface area contributed by atoms with Crippen molar-refractivity contribution in [1.29, 1.82) is 5.26 Å². The molecule has 5 nitrogen and oxygen atoms in total. The van der Waals surface area contributed by atoms with Crippen LogP contribution in [0.3, 0.4) is 0 Å². The number of benzene rings is 2. The molecule has 0 aliphatic heterocycles. The number of nitrogens with zero attached hydrogens (tertiary/aromatic N) is 2. The second-order valence-electron chi connectivity index (χ2n) is 3.82. The molecule has 0 heterocycles. The molecule has 0 aliphatic carbocycles. The molecule has 0 amide bonds. The monoisotopic (exact) mass is 254 g/mol. The Kier molecular flexibility index (Phi) is 3.74. The zero-order valence-electron chi connectivity index (χ0n) is 9.95. The smallest absolute Gasteiger partial charge is 0.290 e. The van der Waals surface area contributed by atoms with Crippen molar-refractivity contribution in [3.63, 3.8) is 0 Å². The van der Waals surface area contributed by atoms with Gasteiger partial charge in [0.25, 0.3) is 5.69 Å². The third-order valence-corrected chi connectivity index (χ3v) is 2.53. The lowest BCUT2D eigenvalue weighted by molar-refractivity contribution is -0.385. The lowest BCUT2D eigenvalue weighted by atomic mass is 10.2. The fourth-order valence-electron chi connectivity index (χ4n) is 1.59. The lowest BCUT2D eigenvalue weighted by Gasteiger charge is -2.06. The van der Waals surface area contributed by atoms with Crippen molar-refractivity contribution in [1.82, 2.24) is 0 Å². The van der Waals surface area contributed by atoms with E-state index in [1.54, 1.807) is 12.1 Å². The van der Waals surface area contributed by atoms with E-state index in [1.807, 2.05) is 30.3 Å². The van der Waals surface area contributed by atoms with Crippen LogP contribution in [-0.4, -0.2) is 4.92 Å². The predicted octanol–water partition coefficient (Wildman–Crippen LogP) is 3.05. The van der Waals surface area contributed by atoms with E-state index in [1.165, 1.54) is 12.1 Å². The number of hydrogen-bond donors (Lipinski definition) is 0. The van der Waals surface area contributed by atoms with E-state index in [0.29, 0.717) is 12.4 Å². The van der Waals surface area contributed by atoms with Crippen LogP contribution in [0.2, 0.25) is 0 Å². The molecule has 0 aliphatic rings. The van der Waals surface area contributed by atoms with E-state index in [0.717, 1.165) is 5.56 Å². The van der Waals surface area contributed by atoms with Gasteiger partial charge in [-0.2, -0.15) is 5.26 Å². The molecule has 0 atom stereocenters. The van der Waals surface area contributed by atoms with Gasteiger partial charge in [0.05, 0.1) is 11.0 Å². The Morgan fingerprint density at radius 1 is 1.21 bits per heavy atom. The molecule has 0 unspecified atom stereocenters. The molecule has 94 valence electrons. The molecule has 0 saturated heterocycles. The number of nitro groups is 1. The molecule has 0 radical (unpaired) electrons. The second kappa shape index (κ2) is 5.65. The Bertz CT molecular complexity index is 633. The van der Waals surface area contributed by atoms with Crippen LogP contribution in [0.15, 0.2) is 48.5 Å². The van der Waals surface area contributed by atoms with Gasteiger partial charge in [-0.3, -0.25) is 10.1 Å². The highest BCUT2D eigenvalue weighted by molar-refractivity contribution is 5.52. The first-order valence-corrected chi connectivity index (χ1v) is 5.56. The lowest BCUT2D eigenvalue weighted by Crippen LogP contribution is -1.97. The van der Waals surface area contributed by atoms with Gasteiger partial charge in [-0.25, -0.2) is 0 Å². The summed E-state index contributed by atoms with van der Waals surface area (Å²) in [5.74, 6) is 0.370. The first-order valence-electron chi connectivity index (χ1n) is 5.56.